The van der Waals surface area contributed by atoms with Gasteiger partial charge in [-0.3, -0.25) is 0 Å². The Kier molecular flexibility index (Phi) is 5.92. The summed E-state index contributed by atoms with van der Waals surface area (Å²) >= 11 is 1.98. The minimum atomic E-state index is -4.78. The highest BCUT2D eigenvalue weighted by Gasteiger charge is 2.31. The van der Waals surface area contributed by atoms with Gasteiger partial charge >= 0.3 is 12.7 Å². The van der Waals surface area contributed by atoms with Crippen LogP contribution in [0.5, 0.6) is 11.5 Å². The maximum Gasteiger partial charge on any atom is 0.573 e. The Balaban J connectivity index is 1.87. The molecule has 0 fully saturated rings. The van der Waals surface area contributed by atoms with E-state index >= 15 is 0 Å². The molecule has 3 rings (SSSR count). The zero-order chi connectivity index (χ0) is 21.2. The van der Waals surface area contributed by atoms with Crippen molar-refractivity contribution in [3.05, 3.63) is 64.5 Å². The molecule has 0 atom stereocenters. The number of nitrogens with zero attached hydrogens (tertiary/aromatic N) is 1. The molecule has 10 heteroatoms. The molecule has 0 unspecified atom stereocenters. The average Bonchev–Trinajstić information content (AvgIpc) is 2.61. The minimum absolute atomic E-state index is 0.347. The van der Waals surface area contributed by atoms with Gasteiger partial charge in [0.25, 0.3) is 0 Å². The Labute approximate surface area is 174 Å². The van der Waals surface area contributed by atoms with E-state index in [1.165, 1.54) is 48.5 Å². The molecular weight excluding hydrogens is 515 g/mol. The minimum Gasteiger partial charge on any atom is -0.406 e. The number of halogens is 7. The van der Waals surface area contributed by atoms with Crippen LogP contribution >= 0.6 is 22.6 Å². The molecule has 0 bridgehead atoms. The molecule has 0 aliphatic rings. The molecular formula is C19H10F6INO2. The van der Waals surface area contributed by atoms with E-state index < -0.39 is 12.7 Å². The van der Waals surface area contributed by atoms with Gasteiger partial charge in [0.15, 0.2) is 0 Å². The highest BCUT2D eigenvalue weighted by molar-refractivity contribution is 14.1. The number of hydrogen-bond donors (Lipinski definition) is 0. The maximum absolute atomic E-state index is 12.3. The lowest BCUT2D eigenvalue weighted by Crippen LogP contribution is -2.16. The van der Waals surface area contributed by atoms with Gasteiger partial charge in [0.05, 0.1) is 0 Å². The molecule has 1 heterocycles. The van der Waals surface area contributed by atoms with Crippen molar-refractivity contribution in [2.45, 2.75) is 12.7 Å². The zero-order valence-electron chi connectivity index (χ0n) is 14.2. The molecule has 0 spiro atoms. The van der Waals surface area contributed by atoms with Crippen molar-refractivity contribution < 1.29 is 35.8 Å². The van der Waals surface area contributed by atoms with Crippen LogP contribution in [0.25, 0.3) is 22.3 Å². The fourth-order valence-corrected chi connectivity index (χ4v) is 3.10. The highest BCUT2D eigenvalue weighted by Crippen LogP contribution is 2.32. The third-order valence-corrected chi connectivity index (χ3v) is 4.52. The third-order valence-electron chi connectivity index (χ3n) is 3.66. The zero-order valence-corrected chi connectivity index (χ0v) is 16.3. The van der Waals surface area contributed by atoms with E-state index in [4.69, 9.17) is 0 Å². The van der Waals surface area contributed by atoms with Gasteiger partial charge in [0, 0.05) is 17.3 Å². The summed E-state index contributed by atoms with van der Waals surface area (Å²) in [5, 5.41) is 0. The van der Waals surface area contributed by atoms with Crippen LogP contribution in [-0.2, 0) is 0 Å². The van der Waals surface area contributed by atoms with Crippen molar-refractivity contribution in [3.63, 3.8) is 0 Å². The maximum atomic E-state index is 12.3. The van der Waals surface area contributed by atoms with Gasteiger partial charge in [-0.15, -0.1) is 26.3 Å². The van der Waals surface area contributed by atoms with Crippen molar-refractivity contribution in [1.82, 2.24) is 4.98 Å². The largest absolute Gasteiger partial charge is 0.573 e. The van der Waals surface area contributed by atoms with E-state index in [9.17, 15) is 26.3 Å². The molecule has 0 saturated carbocycles. The van der Waals surface area contributed by atoms with Crippen LogP contribution < -0.4 is 9.47 Å². The monoisotopic (exact) mass is 525 g/mol. The molecule has 0 aliphatic heterocycles. The fraction of sp³-hybridized carbons (Fsp3) is 0.105. The summed E-state index contributed by atoms with van der Waals surface area (Å²) < 4.78 is 81.9. The molecule has 2 aromatic carbocycles. The number of pyridine rings is 1. The van der Waals surface area contributed by atoms with Crippen LogP contribution in [0.1, 0.15) is 0 Å². The predicted octanol–water partition coefficient (Wildman–Crippen LogP) is 6.82. The van der Waals surface area contributed by atoms with Crippen LogP contribution in [0, 0.1) is 3.70 Å². The molecule has 0 saturated heterocycles. The number of alkyl halides is 6. The second-order valence-corrected chi connectivity index (χ2v) is 6.73. The van der Waals surface area contributed by atoms with Gasteiger partial charge in [0.1, 0.15) is 15.2 Å². The highest BCUT2D eigenvalue weighted by atomic mass is 127. The first-order valence-electron chi connectivity index (χ1n) is 7.88. The molecule has 0 N–H and O–H groups in total. The molecule has 0 amide bonds. The molecule has 29 heavy (non-hydrogen) atoms. The lowest BCUT2D eigenvalue weighted by atomic mass is 10.0. The first-order valence-corrected chi connectivity index (χ1v) is 8.96. The summed E-state index contributed by atoms with van der Waals surface area (Å²) in [7, 11) is 0. The Morgan fingerprint density at radius 1 is 0.655 bits per heavy atom. The van der Waals surface area contributed by atoms with Gasteiger partial charge in [-0.2, -0.15) is 0 Å². The van der Waals surface area contributed by atoms with Crippen LogP contribution in [0.4, 0.5) is 26.3 Å². The summed E-state index contributed by atoms with van der Waals surface area (Å²) in [6.45, 7) is 0. The number of rotatable bonds is 4. The molecule has 152 valence electrons. The smallest absolute Gasteiger partial charge is 0.406 e. The van der Waals surface area contributed by atoms with Gasteiger partial charge < -0.3 is 9.47 Å². The van der Waals surface area contributed by atoms with Crippen molar-refractivity contribution in [1.29, 1.82) is 0 Å². The van der Waals surface area contributed by atoms with Gasteiger partial charge in [-0.1, -0.05) is 24.3 Å². The van der Waals surface area contributed by atoms with Gasteiger partial charge in [-0.05, 0) is 64.0 Å². The quantitative estimate of drug-likeness (QED) is 0.213. The molecule has 3 nitrogen and oxygen atoms in total. The molecule has 3 aromatic rings. The van der Waals surface area contributed by atoms with E-state index in [0.29, 0.717) is 26.0 Å². The van der Waals surface area contributed by atoms with E-state index in [-0.39, 0.29) is 11.5 Å². The summed E-state index contributed by atoms with van der Waals surface area (Å²) in [5.74, 6) is -0.694. The fourth-order valence-electron chi connectivity index (χ4n) is 2.49. The first kappa shape index (κ1) is 21.2. The number of benzene rings is 2. The van der Waals surface area contributed by atoms with E-state index in [2.05, 4.69) is 14.5 Å². The second kappa shape index (κ2) is 8.09. The van der Waals surface area contributed by atoms with Crippen LogP contribution in [0.15, 0.2) is 60.8 Å². The number of aromatic nitrogens is 1. The normalized spacial score (nSPS) is 12.0. The van der Waals surface area contributed by atoms with Crippen LogP contribution in [0.3, 0.4) is 0 Å². The summed E-state index contributed by atoms with van der Waals surface area (Å²) in [6.07, 6.45) is -8.01. The molecule has 0 aliphatic carbocycles. The van der Waals surface area contributed by atoms with Crippen molar-refractivity contribution >= 4 is 22.6 Å². The lowest BCUT2D eigenvalue weighted by Gasteiger charge is -2.12. The van der Waals surface area contributed by atoms with Gasteiger partial charge in [-0.25, -0.2) is 4.98 Å². The number of ether oxygens (including phenoxy) is 2. The Morgan fingerprint density at radius 3 is 1.55 bits per heavy atom. The predicted molar refractivity (Wildman–Crippen MR) is 101 cm³/mol. The second-order valence-electron chi connectivity index (χ2n) is 5.71. The standard InChI is InChI=1S/C19H10F6INO2/c20-18(21,22)28-14-5-1-11(2-6-14)13-9-16(17(26)27-10-13)12-3-7-15(8-4-12)29-19(23,24)25/h1-10H. The van der Waals surface area contributed by atoms with E-state index in [1.54, 1.807) is 12.3 Å². The molecule has 1 aromatic heterocycles. The average molecular weight is 525 g/mol. The topological polar surface area (TPSA) is 31.4 Å². The lowest BCUT2D eigenvalue weighted by molar-refractivity contribution is -0.275. The summed E-state index contributed by atoms with van der Waals surface area (Å²) in [5.41, 5.74) is 2.48. The van der Waals surface area contributed by atoms with Gasteiger partial charge in [0.2, 0.25) is 0 Å². The van der Waals surface area contributed by atoms with E-state index in [1.807, 2.05) is 22.6 Å². The van der Waals surface area contributed by atoms with E-state index in [0.717, 1.165) is 0 Å². The van der Waals surface area contributed by atoms with Crippen LogP contribution in [0.2, 0.25) is 0 Å². The Morgan fingerprint density at radius 2 is 1.10 bits per heavy atom. The summed E-state index contributed by atoms with van der Waals surface area (Å²) in [4.78, 5) is 4.26. The number of hydrogen-bond acceptors (Lipinski definition) is 3. The Bertz CT molecular complexity index is 986. The van der Waals surface area contributed by atoms with Crippen LogP contribution in [-0.4, -0.2) is 17.7 Å². The molecule has 0 radical (unpaired) electrons. The Hall–Kier alpha value is -2.50. The SMILES string of the molecule is FC(F)(F)Oc1ccc(-c2cnc(I)c(-c3ccc(OC(F)(F)F)cc3)c2)cc1. The first-order chi connectivity index (χ1) is 13.5. The third kappa shape index (κ3) is 5.99. The van der Waals surface area contributed by atoms with Crippen molar-refractivity contribution in [2.75, 3.05) is 0 Å². The van der Waals surface area contributed by atoms with Crippen molar-refractivity contribution in [2.24, 2.45) is 0 Å². The summed E-state index contributed by atoms with van der Waals surface area (Å²) in [6, 6.07) is 12.3. The van der Waals surface area contributed by atoms with Crippen molar-refractivity contribution in [3.8, 4) is 33.8 Å².